The van der Waals surface area contributed by atoms with Gasteiger partial charge >= 0.3 is 0 Å². The van der Waals surface area contributed by atoms with E-state index in [1.54, 1.807) is 18.2 Å². The van der Waals surface area contributed by atoms with Crippen molar-refractivity contribution in [2.75, 3.05) is 26.7 Å². The van der Waals surface area contributed by atoms with Gasteiger partial charge in [0, 0.05) is 13.1 Å². The zero-order valence-electron chi connectivity index (χ0n) is 12.2. The Morgan fingerprint density at radius 2 is 2.00 bits per heavy atom. The third-order valence-corrected chi connectivity index (χ3v) is 5.96. The lowest BCUT2D eigenvalue weighted by Gasteiger charge is -2.31. The molecular weight excluding hydrogens is 286 g/mol. The average molecular weight is 307 g/mol. The molecular formula is C15H21N3O2S. The molecule has 21 heavy (non-hydrogen) atoms. The average Bonchev–Trinajstić information content (AvgIpc) is 2.53. The van der Waals surface area contributed by atoms with Crippen molar-refractivity contribution in [3.8, 4) is 6.07 Å². The van der Waals surface area contributed by atoms with Gasteiger partial charge in [-0.25, -0.2) is 8.42 Å². The van der Waals surface area contributed by atoms with Gasteiger partial charge in [0.15, 0.2) is 0 Å². The molecule has 1 fully saturated rings. The van der Waals surface area contributed by atoms with E-state index in [-0.39, 0.29) is 10.5 Å². The van der Waals surface area contributed by atoms with E-state index >= 15 is 0 Å². The minimum absolute atomic E-state index is 0.126. The van der Waals surface area contributed by atoms with Gasteiger partial charge in [0.05, 0.1) is 10.5 Å². The van der Waals surface area contributed by atoms with Gasteiger partial charge in [-0.3, -0.25) is 0 Å². The van der Waals surface area contributed by atoms with Gasteiger partial charge < -0.3 is 5.32 Å². The van der Waals surface area contributed by atoms with Crippen LogP contribution in [0.4, 0.5) is 0 Å². The van der Waals surface area contributed by atoms with Crippen LogP contribution in [0.3, 0.4) is 0 Å². The molecule has 5 nitrogen and oxygen atoms in total. The second kappa shape index (κ2) is 7.03. The molecule has 1 aromatic carbocycles. The first-order chi connectivity index (χ1) is 10.1. The topological polar surface area (TPSA) is 73.2 Å². The molecule has 0 radical (unpaired) electrons. The summed E-state index contributed by atoms with van der Waals surface area (Å²) in [7, 11) is -1.62. The Morgan fingerprint density at radius 3 is 2.62 bits per heavy atom. The van der Waals surface area contributed by atoms with Crippen LogP contribution in [-0.4, -0.2) is 39.4 Å². The molecule has 0 aliphatic carbocycles. The molecule has 6 heteroatoms. The van der Waals surface area contributed by atoms with Crippen molar-refractivity contribution in [3.05, 3.63) is 29.8 Å². The summed E-state index contributed by atoms with van der Waals surface area (Å²) >= 11 is 0. The lowest BCUT2D eigenvalue weighted by molar-refractivity contribution is 0.263. The van der Waals surface area contributed by atoms with Crippen LogP contribution in [0.2, 0.25) is 0 Å². The zero-order chi connectivity index (χ0) is 15.3. The van der Waals surface area contributed by atoms with Gasteiger partial charge in [-0.15, -0.1) is 0 Å². The van der Waals surface area contributed by atoms with Crippen molar-refractivity contribution < 1.29 is 8.42 Å². The summed E-state index contributed by atoms with van der Waals surface area (Å²) in [5.74, 6) is 0.579. The van der Waals surface area contributed by atoms with Gasteiger partial charge in [-0.05, 0) is 50.9 Å². The van der Waals surface area contributed by atoms with E-state index in [0.29, 0.717) is 19.0 Å². The standard InChI is InChI=1S/C15H21N3O2S/c1-17-9-6-13-7-10-18(11-8-13)21(19,20)15-5-3-2-4-14(15)12-16/h2-5,13,17H,6-11H2,1H3. The van der Waals surface area contributed by atoms with E-state index in [9.17, 15) is 8.42 Å². The van der Waals surface area contributed by atoms with Gasteiger partial charge in [-0.2, -0.15) is 9.57 Å². The molecule has 0 unspecified atom stereocenters. The monoisotopic (exact) mass is 307 g/mol. The van der Waals surface area contributed by atoms with E-state index in [1.807, 2.05) is 13.1 Å². The minimum Gasteiger partial charge on any atom is -0.320 e. The molecule has 0 aromatic heterocycles. The summed E-state index contributed by atoms with van der Waals surface area (Å²) in [4.78, 5) is 0.126. The van der Waals surface area contributed by atoms with E-state index in [0.717, 1.165) is 25.8 Å². The fourth-order valence-corrected chi connectivity index (χ4v) is 4.32. The molecule has 1 aliphatic rings. The smallest absolute Gasteiger partial charge is 0.244 e. The molecule has 114 valence electrons. The first-order valence-corrected chi connectivity index (χ1v) is 8.67. The van der Waals surface area contributed by atoms with Crippen molar-refractivity contribution in [2.45, 2.75) is 24.2 Å². The predicted octanol–water partition coefficient (Wildman–Crippen LogP) is 1.57. The van der Waals surface area contributed by atoms with Crippen LogP contribution in [-0.2, 0) is 10.0 Å². The van der Waals surface area contributed by atoms with Crippen molar-refractivity contribution >= 4 is 10.0 Å². The lowest BCUT2D eigenvalue weighted by Crippen LogP contribution is -2.39. The highest BCUT2D eigenvalue weighted by molar-refractivity contribution is 7.89. The van der Waals surface area contributed by atoms with Crippen LogP contribution in [0, 0.1) is 17.2 Å². The van der Waals surface area contributed by atoms with Gasteiger partial charge in [0.1, 0.15) is 6.07 Å². The first kappa shape index (κ1) is 16.0. The lowest BCUT2D eigenvalue weighted by atomic mass is 9.95. The van der Waals surface area contributed by atoms with Crippen LogP contribution >= 0.6 is 0 Å². The summed E-state index contributed by atoms with van der Waals surface area (Å²) in [6, 6.07) is 8.37. The number of nitriles is 1. The van der Waals surface area contributed by atoms with Crippen molar-refractivity contribution in [1.82, 2.24) is 9.62 Å². The number of benzene rings is 1. The third-order valence-electron chi connectivity index (χ3n) is 4.00. The molecule has 2 rings (SSSR count). The Balaban J connectivity index is 2.10. The summed E-state index contributed by atoms with van der Waals surface area (Å²) in [5.41, 5.74) is 0.217. The normalized spacial score (nSPS) is 17.5. The SMILES string of the molecule is CNCCC1CCN(S(=O)(=O)c2ccccc2C#N)CC1. The van der Waals surface area contributed by atoms with Crippen molar-refractivity contribution in [3.63, 3.8) is 0 Å². The van der Waals surface area contributed by atoms with Crippen LogP contribution in [0.15, 0.2) is 29.2 Å². The van der Waals surface area contributed by atoms with Crippen LogP contribution in [0.25, 0.3) is 0 Å². The number of sulfonamides is 1. The van der Waals surface area contributed by atoms with E-state index in [4.69, 9.17) is 5.26 Å². The number of hydrogen-bond donors (Lipinski definition) is 1. The highest BCUT2D eigenvalue weighted by Crippen LogP contribution is 2.26. The molecule has 1 saturated heterocycles. The maximum atomic E-state index is 12.7. The fraction of sp³-hybridized carbons (Fsp3) is 0.533. The van der Waals surface area contributed by atoms with Crippen LogP contribution in [0.5, 0.6) is 0 Å². The third kappa shape index (κ3) is 3.62. The summed E-state index contributed by atoms with van der Waals surface area (Å²) in [6.07, 6.45) is 2.85. The summed E-state index contributed by atoms with van der Waals surface area (Å²) in [5, 5.41) is 12.2. The highest BCUT2D eigenvalue weighted by Gasteiger charge is 2.30. The predicted molar refractivity (Wildman–Crippen MR) is 81.2 cm³/mol. The molecule has 0 bridgehead atoms. The summed E-state index contributed by atoms with van der Waals surface area (Å²) < 4.78 is 26.8. The van der Waals surface area contributed by atoms with Gasteiger partial charge in [-0.1, -0.05) is 12.1 Å². The zero-order valence-corrected chi connectivity index (χ0v) is 13.1. The van der Waals surface area contributed by atoms with E-state index in [1.165, 1.54) is 10.4 Å². The number of rotatable bonds is 5. The quantitative estimate of drug-likeness (QED) is 0.896. The van der Waals surface area contributed by atoms with Gasteiger partial charge in [0.2, 0.25) is 10.0 Å². The molecule has 1 heterocycles. The first-order valence-electron chi connectivity index (χ1n) is 7.23. The molecule has 0 atom stereocenters. The van der Waals surface area contributed by atoms with Crippen LogP contribution in [0.1, 0.15) is 24.8 Å². The Labute approximate surface area is 126 Å². The maximum absolute atomic E-state index is 12.7. The molecule has 0 amide bonds. The largest absolute Gasteiger partial charge is 0.320 e. The number of nitrogens with zero attached hydrogens (tertiary/aromatic N) is 2. The molecule has 0 saturated carbocycles. The maximum Gasteiger partial charge on any atom is 0.244 e. The Kier molecular flexibility index (Phi) is 5.34. The number of piperidine rings is 1. The molecule has 0 spiro atoms. The number of hydrogen-bond acceptors (Lipinski definition) is 4. The van der Waals surface area contributed by atoms with E-state index < -0.39 is 10.0 Å². The van der Waals surface area contributed by atoms with Crippen LogP contribution < -0.4 is 5.32 Å². The van der Waals surface area contributed by atoms with Crippen molar-refractivity contribution in [1.29, 1.82) is 5.26 Å². The van der Waals surface area contributed by atoms with Gasteiger partial charge in [0.25, 0.3) is 0 Å². The Hall–Kier alpha value is -1.42. The fourth-order valence-electron chi connectivity index (χ4n) is 2.71. The number of nitrogens with one attached hydrogen (secondary N) is 1. The second-order valence-corrected chi connectivity index (χ2v) is 7.25. The molecule has 1 N–H and O–H groups in total. The highest BCUT2D eigenvalue weighted by atomic mass is 32.2. The minimum atomic E-state index is -3.55. The van der Waals surface area contributed by atoms with Crippen molar-refractivity contribution in [2.24, 2.45) is 5.92 Å². The van der Waals surface area contributed by atoms with E-state index in [2.05, 4.69) is 5.32 Å². The molecule has 1 aromatic rings. The Bertz CT molecular complexity index is 614. The summed E-state index contributed by atoms with van der Waals surface area (Å²) in [6.45, 7) is 2.04. The Morgan fingerprint density at radius 1 is 1.33 bits per heavy atom. The molecule has 1 aliphatic heterocycles. The second-order valence-electron chi connectivity index (χ2n) is 5.35.